The number of alkyl halides is 1. The minimum Gasteiger partial charge on any atom is -0.354 e. The van der Waals surface area contributed by atoms with Gasteiger partial charge in [0.2, 0.25) is 0 Å². The quantitative estimate of drug-likeness (QED) is 0.786. The summed E-state index contributed by atoms with van der Waals surface area (Å²) in [4.78, 5) is 4.88. The summed E-state index contributed by atoms with van der Waals surface area (Å²) >= 11 is 6.08. The maximum absolute atomic E-state index is 6.08. The van der Waals surface area contributed by atoms with Gasteiger partial charge in [-0.2, -0.15) is 5.10 Å². The summed E-state index contributed by atoms with van der Waals surface area (Å²) < 4.78 is 1.98. The lowest BCUT2D eigenvalue weighted by atomic mass is 10.1. The van der Waals surface area contributed by atoms with E-state index >= 15 is 0 Å². The Labute approximate surface area is 115 Å². The molecule has 1 fully saturated rings. The molecule has 0 radical (unpaired) electrons. The van der Waals surface area contributed by atoms with Crippen LogP contribution in [0.1, 0.15) is 24.6 Å². The number of rotatable bonds is 3. The van der Waals surface area contributed by atoms with E-state index in [1.807, 2.05) is 18.7 Å². The van der Waals surface area contributed by atoms with Crippen LogP contribution >= 0.6 is 11.6 Å². The van der Waals surface area contributed by atoms with Gasteiger partial charge in [0, 0.05) is 38.3 Å². The van der Waals surface area contributed by atoms with Crippen LogP contribution in [-0.2, 0) is 12.9 Å². The van der Waals surface area contributed by atoms with Crippen molar-refractivity contribution in [3.8, 4) is 0 Å². The standard InChI is InChI=1S/C13H23ClN4/c1-5-11-9-18(7-6-16(11)3)13-12(8-14)10(2)15-17(13)4/h11H,5-9H2,1-4H3. The highest BCUT2D eigenvalue weighted by Crippen LogP contribution is 2.27. The van der Waals surface area contributed by atoms with Gasteiger partial charge in [0.15, 0.2) is 0 Å². The molecular formula is C13H23ClN4. The summed E-state index contributed by atoms with van der Waals surface area (Å²) in [7, 11) is 4.22. The van der Waals surface area contributed by atoms with Crippen molar-refractivity contribution in [3.63, 3.8) is 0 Å². The predicted octanol–water partition coefficient (Wildman–Crippen LogP) is 2.00. The first-order valence-corrected chi connectivity index (χ1v) is 7.15. The van der Waals surface area contributed by atoms with Crippen LogP contribution < -0.4 is 4.90 Å². The van der Waals surface area contributed by atoms with Crippen molar-refractivity contribution >= 4 is 17.4 Å². The number of halogens is 1. The molecule has 5 heteroatoms. The molecule has 1 aromatic rings. The van der Waals surface area contributed by atoms with E-state index in [9.17, 15) is 0 Å². The zero-order chi connectivity index (χ0) is 13.3. The lowest BCUT2D eigenvalue weighted by Crippen LogP contribution is -2.51. The minimum absolute atomic E-state index is 0.540. The minimum atomic E-state index is 0.540. The van der Waals surface area contributed by atoms with Gasteiger partial charge in [-0.25, -0.2) is 0 Å². The van der Waals surface area contributed by atoms with E-state index in [0.29, 0.717) is 11.9 Å². The molecular weight excluding hydrogens is 248 g/mol. The fourth-order valence-electron chi connectivity index (χ4n) is 2.82. The average molecular weight is 271 g/mol. The number of nitrogens with zero attached hydrogens (tertiary/aromatic N) is 4. The maximum atomic E-state index is 6.08. The van der Waals surface area contributed by atoms with E-state index in [0.717, 1.165) is 25.3 Å². The van der Waals surface area contributed by atoms with Crippen LogP contribution in [0.2, 0.25) is 0 Å². The lowest BCUT2D eigenvalue weighted by molar-refractivity contribution is 0.212. The van der Waals surface area contributed by atoms with E-state index < -0.39 is 0 Å². The molecule has 0 spiro atoms. The summed E-state index contributed by atoms with van der Waals surface area (Å²) in [5.41, 5.74) is 2.23. The highest BCUT2D eigenvalue weighted by atomic mass is 35.5. The van der Waals surface area contributed by atoms with Crippen molar-refractivity contribution in [1.82, 2.24) is 14.7 Å². The molecule has 0 amide bonds. The third kappa shape index (κ3) is 2.36. The zero-order valence-corrected chi connectivity index (χ0v) is 12.5. The molecule has 0 saturated carbocycles. The van der Waals surface area contributed by atoms with Gasteiger partial charge in [-0.3, -0.25) is 9.58 Å². The third-order valence-electron chi connectivity index (χ3n) is 3.99. The maximum Gasteiger partial charge on any atom is 0.131 e. The van der Waals surface area contributed by atoms with Crippen LogP contribution in [0.25, 0.3) is 0 Å². The molecule has 1 aliphatic rings. The molecule has 0 N–H and O–H groups in total. The molecule has 2 heterocycles. The summed E-state index contributed by atoms with van der Waals surface area (Å²) in [6, 6.07) is 0.622. The molecule has 1 aliphatic heterocycles. The first-order valence-electron chi connectivity index (χ1n) is 6.62. The van der Waals surface area contributed by atoms with Gasteiger partial charge in [-0.1, -0.05) is 6.92 Å². The van der Waals surface area contributed by atoms with Crippen molar-refractivity contribution in [1.29, 1.82) is 0 Å². The monoisotopic (exact) mass is 270 g/mol. The van der Waals surface area contributed by atoms with Gasteiger partial charge >= 0.3 is 0 Å². The van der Waals surface area contributed by atoms with Crippen molar-refractivity contribution in [2.45, 2.75) is 32.2 Å². The molecule has 0 aromatic carbocycles. The number of likely N-dealkylation sites (N-methyl/N-ethyl adjacent to an activating group) is 1. The van der Waals surface area contributed by atoms with Gasteiger partial charge in [-0.15, -0.1) is 11.6 Å². The molecule has 4 nitrogen and oxygen atoms in total. The molecule has 1 saturated heterocycles. The lowest BCUT2D eigenvalue weighted by Gasteiger charge is -2.40. The van der Waals surface area contributed by atoms with E-state index in [-0.39, 0.29) is 0 Å². The highest BCUT2D eigenvalue weighted by molar-refractivity contribution is 6.17. The topological polar surface area (TPSA) is 24.3 Å². The Morgan fingerprint density at radius 3 is 2.67 bits per heavy atom. The van der Waals surface area contributed by atoms with Gasteiger partial charge in [0.05, 0.1) is 11.6 Å². The predicted molar refractivity (Wildman–Crippen MR) is 76.4 cm³/mol. The molecule has 18 heavy (non-hydrogen) atoms. The van der Waals surface area contributed by atoms with E-state index in [1.54, 1.807) is 0 Å². The van der Waals surface area contributed by atoms with Crippen molar-refractivity contribution in [2.24, 2.45) is 7.05 Å². The fourth-order valence-corrected chi connectivity index (χ4v) is 3.13. The Bertz CT molecular complexity index is 415. The fraction of sp³-hybridized carbons (Fsp3) is 0.769. The van der Waals surface area contributed by atoms with Crippen LogP contribution in [-0.4, -0.2) is 47.4 Å². The first kappa shape index (κ1) is 13.7. The SMILES string of the molecule is CCC1CN(c2c(CCl)c(C)nn2C)CCN1C. The van der Waals surface area contributed by atoms with E-state index in [1.165, 1.54) is 17.8 Å². The van der Waals surface area contributed by atoms with Crippen LogP contribution in [0.4, 0.5) is 5.82 Å². The number of piperazine rings is 1. The summed E-state index contributed by atoms with van der Waals surface area (Å²) in [5, 5.41) is 4.50. The number of hydrogen-bond donors (Lipinski definition) is 0. The van der Waals surface area contributed by atoms with E-state index in [2.05, 4.69) is 28.9 Å². The van der Waals surface area contributed by atoms with Crippen LogP contribution in [0.5, 0.6) is 0 Å². The number of hydrogen-bond acceptors (Lipinski definition) is 3. The number of aryl methyl sites for hydroxylation is 2. The second kappa shape index (κ2) is 5.49. The molecule has 0 aliphatic carbocycles. The Balaban J connectivity index is 2.26. The second-order valence-corrected chi connectivity index (χ2v) is 5.40. The molecule has 1 atom stereocenters. The van der Waals surface area contributed by atoms with E-state index in [4.69, 9.17) is 11.6 Å². The largest absolute Gasteiger partial charge is 0.354 e. The van der Waals surface area contributed by atoms with Crippen molar-refractivity contribution < 1.29 is 0 Å². The molecule has 1 aromatic heterocycles. The first-order chi connectivity index (χ1) is 8.58. The van der Waals surface area contributed by atoms with Crippen LogP contribution in [0.3, 0.4) is 0 Å². The Kier molecular flexibility index (Phi) is 4.17. The number of aromatic nitrogens is 2. The van der Waals surface area contributed by atoms with Crippen LogP contribution in [0, 0.1) is 6.92 Å². The average Bonchev–Trinajstić information content (AvgIpc) is 2.64. The van der Waals surface area contributed by atoms with Crippen LogP contribution in [0.15, 0.2) is 0 Å². The number of anilines is 1. The molecule has 1 unspecified atom stereocenters. The van der Waals surface area contributed by atoms with Gasteiger partial charge in [0.25, 0.3) is 0 Å². The Morgan fingerprint density at radius 1 is 1.33 bits per heavy atom. The van der Waals surface area contributed by atoms with Crippen molar-refractivity contribution in [3.05, 3.63) is 11.3 Å². The smallest absolute Gasteiger partial charge is 0.131 e. The van der Waals surface area contributed by atoms with Crippen molar-refractivity contribution in [2.75, 3.05) is 31.6 Å². The Morgan fingerprint density at radius 2 is 2.06 bits per heavy atom. The zero-order valence-electron chi connectivity index (χ0n) is 11.8. The van der Waals surface area contributed by atoms with Gasteiger partial charge < -0.3 is 4.90 Å². The normalized spacial score (nSPS) is 21.6. The second-order valence-electron chi connectivity index (χ2n) is 5.13. The summed E-state index contributed by atoms with van der Waals surface area (Å²) in [6.45, 7) is 7.51. The Hall–Kier alpha value is -0.740. The third-order valence-corrected chi connectivity index (χ3v) is 4.26. The van der Waals surface area contributed by atoms with Gasteiger partial charge in [-0.05, 0) is 20.4 Å². The molecule has 102 valence electrons. The molecule has 2 rings (SSSR count). The van der Waals surface area contributed by atoms with Gasteiger partial charge in [0.1, 0.15) is 5.82 Å². The molecule has 0 bridgehead atoms. The summed E-state index contributed by atoms with van der Waals surface area (Å²) in [6.07, 6.45) is 1.18. The highest BCUT2D eigenvalue weighted by Gasteiger charge is 2.27. The summed E-state index contributed by atoms with van der Waals surface area (Å²) in [5.74, 6) is 1.74.